The summed E-state index contributed by atoms with van der Waals surface area (Å²) >= 11 is 0. The first-order chi connectivity index (χ1) is 13.6. The van der Waals surface area contributed by atoms with Gasteiger partial charge in [-0.05, 0) is 45.2 Å². The first-order valence-corrected chi connectivity index (χ1v) is 9.46. The molecule has 0 bridgehead atoms. The molecule has 4 rings (SSSR count). The Morgan fingerprint density at radius 2 is 2.11 bits per heavy atom. The van der Waals surface area contributed by atoms with Crippen LogP contribution in [-0.2, 0) is 4.79 Å². The van der Waals surface area contributed by atoms with Crippen molar-refractivity contribution in [2.45, 2.75) is 39.2 Å². The fourth-order valence-corrected chi connectivity index (χ4v) is 3.60. The number of hydrogen-bond acceptors (Lipinski definition) is 6. The minimum atomic E-state index is -0.137. The Bertz CT molecular complexity index is 930. The van der Waals surface area contributed by atoms with E-state index in [9.17, 15) is 4.79 Å². The molecule has 8 nitrogen and oxygen atoms in total. The van der Waals surface area contributed by atoms with Crippen LogP contribution in [0.2, 0.25) is 0 Å². The first-order valence-electron chi connectivity index (χ1n) is 9.46. The van der Waals surface area contributed by atoms with Crippen LogP contribution in [0.4, 0.5) is 0 Å². The van der Waals surface area contributed by atoms with Gasteiger partial charge in [-0.25, -0.2) is 4.98 Å². The lowest BCUT2D eigenvalue weighted by molar-refractivity contribution is -0.137. The average molecular weight is 381 g/mol. The second-order valence-corrected chi connectivity index (χ2v) is 6.94. The van der Waals surface area contributed by atoms with Gasteiger partial charge in [-0.15, -0.1) is 0 Å². The van der Waals surface area contributed by atoms with E-state index in [0.29, 0.717) is 29.7 Å². The number of benzene rings is 1. The third kappa shape index (κ3) is 3.62. The standard InChI is InChI=1S/C20H23N5O3/c1-13-18(14(2)28-24-13)20-21-19(22-23-20)16-10-6-7-11-25(16)17(26)12-27-15-8-4-3-5-9-15/h3-5,8-9,16H,6-7,10-12H2,1-2H3,(H,21,22,23)/t16-/m1/s1. The van der Waals surface area contributed by atoms with Gasteiger partial charge in [-0.3, -0.25) is 9.89 Å². The number of nitrogens with one attached hydrogen (secondary N) is 1. The van der Waals surface area contributed by atoms with Crippen LogP contribution in [0.3, 0.4) is 0 Å². The van der Waals surface area contributed by atoms with Crippen molar-refractivity contribution in [2.24, 2.45) is 0 Å². The van der Waals surface area contributed by atoms with Gasteiger partial charge >= 0.3 is 0 Å². The lowest BCUT2D eigenvalue weighted by Crippen LogP contribution is -2.41. The van der Waals surface area contributed by atoms with Crippen molar-refractivity contribution in [1.82, 2.24) is 25.2 Å². The minimum Gasteiger partial charge on any atom is -0.484 e. The summed E-state index contributed by atoms with van der Waals surface area (Å²) in [6, 6.07) is 9.22. The molecule has 1 aliphatic heterocycles. The molecule has 1 saturated heterocycles. The number of hydrogen-bond donors (Lipinski definition) is 1. The van der Waals surface area contributed by atoms with Gasteiger partial charge in [-0.1, -0.05) is 23.4 Å². The Morgan fingerprint density at radius 1 is 1.29 bits per heavy atom. The first kappa shape index (κ1) is 18.2. The number of likely N-dealkylation sites (tertiary alicyclic amines) is 1. The monoisotopic (exact) mass is 381 g/mol. The van der Waals surface area contributed by atoms with E-state index >= 15 is 0 Å². The molecule has 1 atom stereocenters. The van der Waals surface area contributed by atoms with E-state index in [1.807, 2.05) is 49.1 Å². The molecule has 3 aromatic rings. The fourth-order valence-electron chi connectivity index (χ4n) is 3.60. The average Bonchev–Trinajstić information content (AvgIpc) is 3.33. The number of aromatic nitrogens is 4. The van der Waals surface area contributed by atoms with Crippen molar-refractivity contribution < 1.29 is 14.1 Å². The predicted molar refractivity (Wildman–Crippen MR) is 102 cm³/mol. The number of ether oxygens (including phenoxy) is 1. The molecular weight excluding hydrogens is 358 g/mol. The summed E-state index contributed by atoms with van der Waals surface area (Å²) in [6.07, 6.45) is 2.85. The van der Waals surface area contributed by atoms with Crippen LogP contribution in [-0.4, -0.2) is 44.3 Å². The SMILES string of the molecule is Cc1noc(C)c1-c1n[nH]c([C@H]2CCCCN2C(=O)COc2ccccc2)n1. The summed E-state index contributed by atoms with van der Waals surface area (Å²) in [6.45, 7) is 4.39. The van der Waals surface area contributed by atoms with Crippen molar-refractivity contribution >= 4 is 5.91 Å². The Morgan fingerprint density at radius 3 is 2.86 bits per heavy atom. The van der Waals surface area contributed by atoms with Crippen LogP contribution >= 0.6 is 0 Å². The van der Waals surface area contributed by atoms with Gasteiger partial charge in [0.15, 0.2) is 12.4 Å². The van der Waals surface area contributed by atoms with Crippen molar-refractivity contribution in [3.05, 3.63) is 47.6 Å². The summed E-state index contributed by atoms with van der Waals surface area (Å²) in [4.78, 5) is 19.3. The number of carbonyl (C=O) groups excluding carboxylic acids is 1. The molecule has 2 aromatic heterocycles. The molecule has 8 heteroatoms. The Balaban J connectivity index is 1.50. The molecular formula is C20H23N5O3. The topological polar surface area (TPSA) is 97.1 Å². The van der Waals surface area contributed by atoms with Crippen LogP contribution in [0.25, 0.3) is 11.4 Å². The second-order valence-electron chi connectivity index (χ2n) is 6.94. The molecule has 1 amide bonds. The maximum Gasteiger partial charge on any atom is 0.261 e. The zero-order valence-electron chi connectivity index (χ0n) is 16.0. The molecule has 0 spiro atoms. The Hall–Kier alpha value is -3.16. The zero-order valence-corrected chi connectivity index (χ0v) is 16.0. The third-order valence-corrected chi connectivity index (χ3v) is 5.00. The summed E-state index contributed by atoms with van der Waals surface area (Å²) < 4.78 is 10.9. The van der Waals surface area contributed by atoms with Crippen LogP contribution < -0.4 is 4.74 Å². The molecule has 146 valence electrons. The molecule has 0 radical (unpaired) electrons. The van der Waals surface area contributed by atoms with E-state index in [1.54, 1.807) is 0 Å². The third-order valence-electron chi connectivity index (χ3n) is 5.00. The van der Waals surface area contributed by atoms with Gasteiger partial charge in [0.05, 0.1) is 17.3 Å². The number of carbonyl (C=O) groups is 1. The van der Waals surface area contributed by atoms with Crippen molar-refractivity contribution in [3.8, 4) is 17.1 Å². The van der Waals surface area contributed by atoms with E-state index < -0.39 is 0 Å². The van der Waals surface area contributed by atoms with E-state index in [1.165, 1.54) is 0 Å². The summed E-state index contributed by atoms with van der Waals surface area (Å²) in [5.74, 6) is 2.54. The van der Waals surface area contributed by atoms with Crippen molar-refractivity contribution in [2.75, 3.05) is 13.2 Å². The lowest BCUT2D eigenvalue weighted by Gasteiger charge is -2.34. The summed E-state index contributed by atoms with van der Waals surface area (Å²) in [5.41, 5.74) is 1.54. The number of amides is 1. The number of piperidine rings is 1. The highest BCUT2D eigenvalue weighted by atomic mass is 16.5. The molecule has 1 fully saturated rings. The maximum atomic E-state index is 12.8. The van der Waals surface area contributed by atoms with E-state index in [-0.39, 0.29) is 18.6 Å². The van der Waals surface area contributed by atoms with Crippen molar-refractivity contribution in [1.29, 1.82) is 0 Å². The number of aryl methyl sites for hydroxylation is 2. The van der Waals surface area contributed by atoms with Crippen LogP contribution in [0, 0.1) is 13.8 Å². The van der Waals surface area contributed by atoms with Gasteiger partial charge in [0.1, 0.15) is 17.3 Å². The number of para-hydroxylation sites is 1. The van der Waals surface area contributed by atoms with Gasteiger partial charge in [0.2, 0.25) is 0 Å². The van der Waals surface area contributed by atoms with Crippen LogP contribution in [0.1, 0.15) is 42.6 Å². The number of aromatic amines is 1. The maximum absolute atomic E-state index is 12.8. The van der Waals surface area contributed by atoms with Crippen LogP contribution in [0.15, 0.2) is 34.9 Å². The number of nitrogens with zero attached hydrogens (tertiary/aromatic N) is 4. The summed E-state index contributed by atoms with van der Waals surface area (Å²) in [7, 11) is 0. The largest absolute Gasteiger partial charge is 0.484 e. The van der Waals surface area contributed by atoms with Gasteiger partial charge in [-0.2, -0.15) is 5.10 Å². The van der Waals surface area contributed by atoms with Gasteiger partial charge < -0.3 is 14.2 Å². The fraction of sp³-hybridized carbons (Fsp3) is 0.400. The van der Waals surface area contributed by atoms with Gasteiger partial charge in [0.25, 0.3) is 5.91 Å². The molecule has 0 saturated carbocycles. The molecule has 3 heterocycles. The quantitative estimate of drug-likeness (QED) is 0.729. The Labute approximate surface area is 162 Å². The molecule has 28 heavy (non-hydrogen) atoms. The highest BCUT2D eigenvalue weighted by molar-refractivity contribution is 5.78. The number of rotatable bonds is 5. The smallest absolute Gasteiger partial charge is 0.261 e. The zero-order chi connectivity index (χ0) is 19.5. The van der Waals surface area contributed by atoms with Crippen LogP contribution in [0.5, 0.6) is 5.75 Å². The molecule has 1 aliphatic rings. The second kappa shape index (κ2) is 7.84. The van der Waals surface area contributed by atoms with E-state index in [0.717, 1.165) is 30.5 Å². The normalized spacial score (nSPS) is 16.9. The highest BCUT2D eigenvalue weighted by Gasteiger charge is 2.31. The highest BCUT2D eigenvalue weighted by Crippen LogP contribution is 2.31. The predicted octanol–water partition coefficient (Wildman–Crippen LogP) is 3.21. The summed E-state index contributed by atoms with van der Waals surface area (Å²) in [5, 5.41) is 11.3. The molecule has 0 aliphatic carbocycles. The molecule has 1 aromatic carbocycles. The van der Waals surface area contributed by atoms with Crippen molar-refractivity contribution in [3.63, 3.8) is 0 Å². The number of H-pyrrole nitrogens is 1. The lowest BCUT2D eigenvalue weighted by atomic mass is 10.0. The van der Waals surface area contributed by atoms with E-state index in [4.69, 9.17) is 9.26 Å². The minimum absolute atomic E-state index is 0.00533. The van der Waals surface area contributed by atoms with Gasteiger partial charge in [0, 0.05) is 6.54 Å². The Kier molecular flexibility index (Phi) is 5.10. The molecule has 1 N–H and O–H groups in total. The van der Waals surface area contributed by atoms with E-state index in [2.05, 4.69) is 20.3 Å². The molecule has 0 unspecified atom stereocenters.